The molecule has 1 aliphatic heterocycles. The molecule has 0 spiro atoms. The van der Waals surface area contributed by atoms with Crippen molar-refractivity contribution in [3.8, 4) is 0 Å². The number of hydrogen-bond donors (Lipinski definition) is 1. The van der Waals surface area contributed by atoms with Crippen LogP contribution in [0.1, 0.15) is 19.4 Å². The van der Waals surface area contributed by atoms with Gasteiger partial charge in [-0.25, -0.2) is 0 Å². The molecule has 0 amide bonds. The molecule has 1 unspecified atom stereocenters. The molecule has 4 heteroatoms. The Kier molecular flexibility index (Phi) is 5.76. The molecule has 2 heterocycles. The molecule has 1 N–H and O–H groups in total. The minimum Gasteiger partial charge on any atom is -0.311 e. The van der Waals surface area contributed by atoms with Gasteiger partial charge in [-0.3, -0.25) is 14.8 Å². The average Bonchev–Trinajstić information content (AvgIpc) is 2.45. The summed E-state index contributed by atoms with van der Waals surface area (Å²) in [5.41, 5.74) is 1.26. The molecule has 1 aliphatic rings. The molecular weight excluding hydrogens is 236 g/mol. The van der Waals surface area contributed by atoms with Crippen molar-refractivity contribution in [2.75, 3.05) is 39.3 Å². The summed E-state index contributed by atoms with van der Waals surface area (Å²) in [6.45, 7) is 12.5. The minimum absolute atomic E-state index is 0.692. The lowest BCUT2D eigenvalue weighted by Gasteiger charge is -2.39. The van der Waals surface area contributed by atoms with Crippen molar-refractivity contribution in [3.05, 3.63) is 30.1 Å². The van der Waals surface area contributed by atoms with Gasteiger partial charge in [-0.15, -0.1) is 0 Å². The molecule has 1 aromatic heterocycles. The fourth-order valence-electron chi connectivity index (χ4n) is 2.72. The van der Waals surface area contributed by atoms with E-state index < -0.39 is 0 Å². The monoisotopic (exact) mass is 262 g/mol. The first kappa shape index (κ1) is 14.4. The number of piperazine rings is 1. The van der Waals surface area contributed by atoms with Crippen LogP contribution < -0.4 is 5.32 Å². The Morgan fingerprint density at radius 3 is 3.00 bits per heavy atom. The van der Waals surface area contributed by atoms with E-state index in [4.69, 9.17) is 0 Å². The van der Waals surface area contributed by atoms with Crippen LogP contribution in [0.4, 0.5) is 0 Å². The molecule has 1 aromatic rings. The molecular formula is C15H26N4. The maximum absolute atomic E-state index is 4.12. The highest BCUT2D eigenvalue weighted by molar-refractivity contribution is 5.07. The smallest absolute Gasteiger partial charge is 0.0312 e. The van der Waals surface area contributed by atoms with Crippen molar-refractivity contribution >= 4 is 0 Å². The van der Waals surface area contributed by atoms with Crippen LogP contribution in [0.3, 0.4) is 0 Å². The van der Waals surface area contributed by atoms with Gasteiger partial charge in [0.1, 0.15) is 0 Å². The van der Waals surface area contributed by atoms with E-state index in [2.05, 4.69) is 40.0 Å². The third kappa shape index (κ3) is 4.56. The molecule has 0 aliphatic carbocycles. The maximum Gasteiger partial charge on any atom is 0.0312 e. The van der Waals surface area contributed by atoms with Gasteiger partial charge in [-0.2, -0.15) is 0 Å². The fraction of sp³-hybridized carbons (Fsp3) is 0.667. The van der Waals surface area contributed by atoms with Crippen LogP contribution >= 0.6 is 0 Å². The topological polar surface area (TPSA) is 31.4 Å². The molecule has 4 nitrogen and oxygen atoms in total. The third-order valence-corrected chi connectivity index (χ3v) is 3.91. The van der Waals surface area contributed by atoms with Gasteiger partial charge in [0, 0.05) is 57.7 Å². The van der Waals surface area contributed by atoms with Crippen molar-refractivity contribution in [2.24, 2.45) is 0 Å². The standard InChI is InChI=1S/C15H26N4/c1-3-19-10-9-18(13-14(19)2)8-7-17-12-15-5-4-6-16-11-15/h4-6,11,14,17H,3,7-10,12-13H2,1-2H3. The molecule has 1 saturated heterocycles. The van der Waals surface area contributed by atoms with Crippen LogP contribution in [0.15, 0.2) is 24.5 Å². The van der Waals surface area contributed by atoms with Crippen molar-refractivity contribution in [1.29, 1.82) is 0 Å². The first-order valence-electron chi connectivity index (χ1n) is 7.35. The second-order valence-electron chi connectivity index (χ2n) is 5.32. The third-order valence-electron chi connectivity index (χ3n) is 3.91. The zero-order valence-corrected chi connectivity index (χ0v) is 12.2. The van der Waals surface area contributed by atoms with E-state index in [1.54, 1.807) is 0 Å². The van der Waals surface area contributed by atoms with Gasteiger partial charge in [0.05, 0.1) is 0 Å². The Balaban J connectivity index is 1.61. The molecule has 0 saturated carbocycles. The van der Waals surface area contributed by atoms with Crippen LogP contribution in [-0.2, 0) is 6.54 Å². The Morgan fingerprint density at radius 2 is 2.32 bits per heavy atom. The lowest BCUT2D eigenvalue weighted by molar-refractivity contribution is 0.0887. The van der Waals surface area contributed by atoms with Crippen LogP contribution in [0.2, 0.25) is 0 Å². The molecule has 19 heavy (non-hydrogen) atoms. The van der Waals surface area contributed by atoms with Gasteiger partial charge in [0.25, 0.3) is 0 Å². The summed E-state index contributed by atoms with van der Waals surface area (Å²) in [6, 6.07) is 4.79. The van der Waals surface area contributed by atoms with Crippen LogP contribution in [0.25, 0.3) is 0 Å². The van der Waals surface area contributed by atoms with Crippen LogP contribution in [-0.4, -0.2) is 60.1 Å². The normalized spacial score (nSPS) is 21.7. The van der Waals surface area contributed by atoms with E-state index in [9.17, 15) is 0 Å². The Hall–Kier alpha value is -0.970. The summed E-state index contributed by atoms with van der Waals surface area (Å²) in [4.78, 5) is 9.24. The highest BCUT2D eigenvalue weighted by Crippen LogP contribution is 2.08. The quantitative estimate of drug-likeness (QED) is 0.781. The largest absolute Gasteiger partial charge is 0.311 e. The molecule has 2 rings (SSSR count). The number of nitrogens with zero attached hydrogens (tertiary/aromatic N) is 3. The van der Waals surface area contributed by atoms with Crippen molar-refractivity contribution in [1.82, 2.24) is 20.1 Å². The first-order chi connectivity index (χ1) is 9.29. The molecule has 106 valence electrons. The van der Waals surface area contributed by atoms with E-state index in [-0.39, 0.29) is 0 Å². The Bertz CT molecular complexity index is 354. The highest BCUT2D eigenvalue weighted by atomic mass is 15.3. The van der Waals surface area contributed by atoms with Gasteiger partial charge < -0.3 is 5.32 Å². The average molecular weight is 262 g/mol. The van der Waals surface area contributed by atoms with Gasteiger partial charge in [0.15, 0.2) is 0 Å². The van der Waals surface area contributed by atoms with Crippen LogP contribution in [0, 0.1) is 0 Å². The second-order valence-corrected chi connectivity index (χ2v) is 5.32. The van der Waals surface area contributed by atoms with Crippen molar-refractivity contribution in [3.63, 3.8) is 0 Å². The van der Waals surface area contributed by atoms with Crippen LogP contribution in [0.5, 0.6) is 0 Å². The second kappa shape index (κ2) is 7.58. The van der Waals surface area contributed by atoms with Gasteiger partial charge in [0.2, 0.25) is 0 Å². The summed E-state index contributed by atoms with van der Waals surface area (Å²) in [6.07, 6.45) is 3.74. The lowest BCUT2D eigenvalue weighted by Crippen LogP contribution is -2.52. The summed E-state index contributed by atoms with van der Waals surface area (Å²) in [5.74, 6) is 0. The molecule has 1 atom stereocenters. The minimum atomic E-state index is 0.692. The predicted molar refractivity (Wildman–Crippen MR) is 79.1 cm³/mol. The number of hydrogen-bond acceptors (Lipinski definition) is 4. The molecule has 1 fully saturated rings. The molecule has 0 radical (unpaired) electrons. The van der Waals surface area contributed by atoms with Crippen molar-refractivity contribution < 1.29 is 0 Å². The summed E-state index contributed by atoms with van der Waals surface area (Å²) in [5, 5.41) is 3.49. The summed E-state index contributed by atoms with van der Waals surface area (Å²) >= 11 is 0. The van der Waals surface area contributed by atoms with Gasteiger partial charge in [-0.05, 0) is 25.1 Å². The number of likely N-dealkylation sites (N-methyl/N-ethyl adjacent to an activating group) is 1. The van der Waals surface area contributed by atoms with Crippen molar-refractivity contribution in [2.45, 2.75) is 26.4 Å². The fourth-order valence-corrected chi connectivity index (χ4v) is 2.72. The van der Waals surface area contributed by atoms with E-state index in [0.717, 1.165) is 19.6 Å². The molecule has 0 bridgehead atoms. The van der Waals surface area contributed by atoms with E-state index in [1.807, 2.05) is 18.5 Å². The van der Waals surface area contributed by atoms with E-state index in [1.165, 1.54) is 31.7 Å². The number of rotatable bonds is 6. The van der Waals surface area contributed by atoms with Gasteiger partial charge in [-0.1, -0.05) is 13.0 Å². The Labute approximate surface area is 116 Å². The highest BCUT2D eigenvalue weighted by Gasteiger charge is 2.21. The maximum atomic E-state index is 4.12. The number of pyridine rings is 1. The summed E-state index contributed by atoms with van der Waals surface area (Å²) in [7, 11) is 0. The Morgan fingerprint density at radius 1 is 1.42 bits per heavy atom. The SMILES string of the molecule is CCN1CCN(CCNCc2cccnc2)CC1C. The summed E-state index contributed by atoms with van der Waals surface area (Å²) < 4.78 is 0. The number of nitrogens with one attached hydrogen (secondary N) is 1. The predicted octanol–water partition coefficient (Wildman–Crippen LogP) is 1.20. The zero-order chi connectivity index (χ0) is 13.5. The van der Waals surface area contributed by atoms with E-state index in [0.29, 0.717) is 6.04 Å². The zero-order valence-electron chi connectivity index (χ0n) is 12.2. The van der Waals surface area contributed by atoms with Gasteiger partial charge >= 0.3 is 0 Å². The lowest BCUT2D eigenvalue weighted by atomic mass is 10.2. The number of aromatic nitrogens is 1. The molecule has 0 aromatic carbocycles. The first-order valence-corrected chi connectivity index (χ1v) is 7.35. The van der Waals surface area contributed by atoms with E-state index >= 15 is 0 Å².